The SMILES string of the molecule is CC(=O)CCCNCC(C)(C)c1ccccc1Br. The van der Waals surface area contributed by atoms with Gasteiger partial charge in [-0.1, -0.05) is 48.0 Å². The zero-order chi connectivity index (χ0) is 13.6. The number of carbonyl (C=O) groups excluding carboxylic acids is 1. The zero-order valence-corrected chi connectivity index (χ0v) is 13.0. The topological polar surface area (TPSA) is 29.1 Å². The molecule has 0 saturated heterocycles. The van der Waals surface area contributed by atoms with Crippen LogP contribution in [0.4, 0.5) is 0 Å². The molecule has 0 heterocycles. The Labute approximate surface area is 118 Å². The lowest BCUT2D eigenvalue weighted by molar-refractivity contribution is -0.117. The van der Waals surface area contributed by atoms with Gasteiger partial charge in [-0.2, -0.15) is 0 Å². The fourth-order valence-corrected chi connectivity index (χ4v) is 2.79. The van der Waals surface area contributed by atoms with Crippen molar-refractivity contribution in [2.24, 2.45) is 0 Å². The van der Waals surface area contributed by atoms with Crippen LogP contribution in [0, 0.1) is 0 Å². The van der Waals surface area contributed by atoms with Gasteiger partial charge in [0.2, 0.25) is 0 Å². The Morgan fingerprint density at radius 3 is 2.61 bits per heavy atom. The van der Waals surface area contributed by atoms with E-state index >= 15 is 0 Å². The van der Waals surface area contributed by atoms with Crippen LogP contribution in [-0.2, 0) is 10.2 Å². The molecule has 2 nitrogen and oxygen atoms in total. The van der Waals surface area contributed by atoms with Gasteiger partial charge in [-0.05, 0) is 31.5 Å². The van der Waals surface area contributed by atoms with Crippen LogP contribution in [0.3, 0.4) is 0 Å². The lowest BCUT2D eigenvalue weighted by atomic mass is 9.84. The highest BCUT2D eigenvalue weighted by molar-refractivity contribution is 9.10. The normalized spacial score (nSPS) is 11.6. The summed E-state index contributed by atoms with van der Waals surface area (Å²) >= 11 is 3.60. The van der Waals surface area contributed by atoms with Crippen LogP contribution in [-0.4, -0.2) is 18.9 Å². The third kappa shape index (κ3) is 4.91. The van der Waals surface area contributed by atoms with Crippen LogP contribution in [0.1, 0.15) is 39.2 Å². The van der Waals surface area contributed by atoms with E-state index in [-0.39, 0.29) is 11.2 Å². The first-order chi connectivity index (χ1) is 8.43. The molecule has 0 fully saturated rings. The summed E-state index contributed by atoms with van der Waals surface area (Å²) in [6, 6.07) is 8.33. The number of hydrogen-bond donors (Lipinski definition) is 1. The van der Waals surface area contributed by atoms with E-state index in [0.29, 0.717) is 6.42 Å². The maximum Gasteiger partial charge on any atom is 0.129 e. The largest absolute Gasteiger partial charge is 0.316 e. The van der Waals surface area contributed by atoms with E-state index in [1.54, 1.807) is 6.92 Å². The Morgan fingerprint density at radius 2 is 2.00 bits per heavy atom. The lowest BCUT2D eigenvalue weighted by Gasteiger charge is -2.27. The van der Waals surface area contributed by atoms with E-state index in [4.69, 9.17) is 0 Å². The molecule has 0 aliphatic heterocycles. The molecule has 0 atom stereocenters. The molecule has 0 saturated carbocycles. The van der Waals surface area contributed by atoms with Crippen molar-refractivity contribution in [2.45, 2.75) is 39.0 Å². The van der Waals surface area contributed by atoms with E-state index in [1.165, 1.54) is 5.56 Å². The second kappa shape index (κ2) is 7.05. The molecule has 0 bridgehead atoms. The standard InChI is InChI=1S/C15H22BrNO/c1-12(18)7-6-10-17-11-15(2,3)13-8-4-5-9-14(13)16/h4-5,8-9,17H,6-7,10-11H2,1-3H3. The summed E-state index contributed by atoms with van der Waals surface area (Å²) in [5, 5.41) is 3.43. The summed E-state index contributed by atoms with van der Waals surface area (Å²) in [5.74, 6) is 0.266. The van der Waals surface area contributed by atoms with Crippen LogP contribution in [0.15, 0.2) is 28.7 Å². The van der Waals surface area contributed by atoms with Crippen LogP contribution < -0.4 is 5.32 Å². The van der Waals surface area contributed by atoms with Gasteiger partial charge in [0, 0.05) is 22.9 Å². The number of Topliss-reactive ketones (excluding diaryl/α,β-unsaturated/α-hetero) is 1. The van der Waals surface area contributed by atoms with Gasteiger partial charge >= 0.3 is 0 Å². The third-order valence-corrected chi connectivity index (χ3v) is 3.74. The number of rotatable bonds is 7. The lowest BCUT2D eigenvalue weighted by Crippen LogP contribution is -2.33. The second-order valence-electron chi connectivity index (χ2n) is 5.35. The van der Waals surface area contributed by atoms with E-state index in [2.05, 4.69) is 53.3 Å². The summed E-state index contributed by atoms with van der Waals surface area (Å²) < 4.78 is 1.15. The first-order valence-electron chi connectivity index (χ1n) is 6.38. The molecule has 1 rings (SSSR count). The molecule has 0 aliphatic carbocycles. The molecule has 3 heteroatoms. The Morgan fingerprint density at radius 1 is 1.33 bits per heavy atom. The van der Waals surface area contributed by atoms with Crippen molar-refractivity contribution in [3.8, 4) is 0 Å². The van der Waals surface area contributed by atoms with Crippen molar-refractivity contribution in [2.75, 3.05) is 13.1 Å². The van der Waals surface area contributed by atoms with Crippen molar-refractivity contribution >= 4 is 21.7 Å². The van der Waals surface area contributed by atoms with Crippen molar-refractivity contribution in [1.82, 2.24) is 5.32 Å². The monoisotopic (exact) mass is 311 g/mol. The Kier molecular flexibility index (Phi) is 6.03. The molecule has 1 aromatic carbocycles. The number of halogens is 1. The minimum Gasteiger partial charge on any atom is -0.316 e. The van der Waals surface area contributed by atoms with E-state index in [9.17, 15) is 4.79 Å². The van der Waals surface area contributed by atoms with Crippen molar-refractivity contribution < 1.29 is 4.79 Å². The number of ketones is 1. The van der Waals surface area contributed by atoms with Gasteiger partial charge in [-0.25, -0.2) is 0 Å². The molecule has 18 heavy (non-hydrogen) atoms. The summed E-state index contributed by atoms with van der Waals surface area (Å²) in [4.78, 5) is 10.8. The molecular formula is C15H22BrNO. The summed E-state index contributed by atoms with van der Waals surface area (Å²) in [7, 11) is 0. The smallest absolute Gasteiger partial charge is 0.129 e. The first kappa shape index (κ1) is 15.4. The average Bonchev–Trinajstić information content (AvgIpc) is 2.28. The number of carbonyl (C=O) groups is 1. The van der Waals surface area contributed by atoms with Crippen LogP contribution in [0.25, 0.3) is 0 Å². The van der Waals surface area contributed by atoms with Crippen LogP contribution >= 0.6 is 15.9 Å². The molecule has 0 aromatic heterocycles. The summed E-state index contributed by atoms with van der Waals surface area (Å²) in [5.41, 5.74) is 1.39. The minimum absolute atomic E-state index is 0.0797. The van der Waals surface area contributed by atoms with Gasteiger partial charge in [0.15, 0.2) is 0 Å². The molecule has 0 unspecified atom stereocenters. The minimum atomic E-state index is 0.0797. The molecule has 0 aliphatic rings. The highest BCUT2D eigenvalue weighted by atomic mass is 79.9. The van der Waals surface area contributed by atoms with Crippen molar-refractivity contribution in [1.29, 1.82) is 0 Å². The Bertz CT molecular complexity index is 401. The predicted octanol–water partition coefficient (Wildman–Crippen LogP) is 3.69. The fourth-order valence-electron chi connectivity index (χ4n) is 1.97. The maximum absolute atomic E-state index is 10.8. The fraction of sp³-hybridized carbons (Fsp3) is 0.533. The van der Waals surface area contributed by atoms with Crippen molar-refractivity contribution in [3.05, 3.63) is 34.3 Å². The quantitative estimate of drug-likeness (QED) is 0.778. The van der Waals surface area contributed by atoms with Gasteiger partial charge in [-0.15, -0.1) is 0 Å². The Hall–Kier alpha value is -0.670. The van der Waals surface area contributed by atoms with E-state index < -0.39 is 0 Å². The number of benzene rings is 1. The molecule has 0 amide bonds. The summed E-state index contributed by atoms with van der Waals surface area (Å²) in [6.07, 6.45) is 1.59. The molecule has 1 N–H and O–H groups in total. The molecule has 100 valence electrons. The number of hydrogen-bond acceptors (Lipinski definition) is 2. The van der Waals surface area contributed by atoms with Gasteiger partial charge in [0.25, 0.3) is 0 Å². The highest BCUT2D eigenvalue weighted by Crippen LogP contribution is 2.29. The molecular weight excluding hydrogens is 290 g/mol. The van der Waals surface area contributed by atoms with Crippen molar-refractivity contribution in [3.63, 3.8) is 0 Å². The van der Waals surface area contributed by atoms with E-state index in [1.807, 2.05) is 6.07 Å². The van der Waals surface area contributed by atoms with Gasteiger partial charge in [0.1, 0.15) is 5.78 Å². The Balaban J connectivity index is 2.45. The average molecular weight is 312 g/mol. The first-order valence-corrected chi connectivity index (χ1v) is 7.18. The predicted molar refractivity (Wildman–Crippen MR) is 80.0 cm³/mol. The maximum atomic E-state index is 10.8. The van der Waals surface area contributed by atoms with Gasteiger partial charge in [0.05, 0.1) is 0 Å². The van der Waals surface area contributed by atoms with Gasteiger partial charge in [-0.3, -0.25) is 0 Å². The zero-order valence-electron chi connectivity index (χ0n) is 11.4. The van der Waals surface area contributed by atoms with Crippen LogP contribution in [0.2, 0.25) is 0 Å². The highest BCUT2D eigenvalue weighted by Gasteiger charge is 2.22. The second-order valence-corrected chi connectivity index (χ2v) is 6.20. The molecule has 0 spiro atoms. The summed E-state index contributed by atoms with van der Waals surface area (Å²) in [6.45, 7) is 7.90. The number of nitrogens with one attached hydrogen (secondary N) is 1. The van der Waals surface area contributed by atoms with E-state index in [0.717, 1.165) is 24.0 Å². The molecule has 1 aromatic rings. The molecule has 0 radical (unpaired) electrons. The third-order valence-electron chi connectivity index (χ3n) is 3.05. The van der Waals surface area contributed by atoms with Crippen LogP contribution in [0.5, 0.6) is 0 Å². The van der Waals surface area contributed by atoms with Gasteiger partial charge < -0.3 is 10.1 Å².